The predicted octanol–water partition coefficient (Wildman–Crippen LogP) is 2.51. The van der Waals surface area contributed by atoms with Crippen LogP contribution in [0.15, 0.2) is 0 Å². The Kier molecular flexibility index (Phi) is 2.71. The van der Waals surface area contributed by atoms with Gasteiger partial charge in [-0.2, -0.15) is 0 Å². The van der Waals surface area contributed by atoms with E-state index in [0.717, 1.165) is 13.0 Å². The summed E-state index contributed by atoms with van der Waals surface area (Å²) in [6, 6.07) is -0.509. The van der Waals surface area contributed by atoms with Gasteiger partial charge in [0, 0.05) is 5.54 Å². The van der Waals surface area contributed by atoms with Crippen molar-refractivity contribution in [3.63, 3.8) is 0 Å². The summed E-state index contributed by atoms with van der Waals surface area (Å²) in [6.45, 7) is 6.80. The van der Waals surface area contributed by atoms with Crippen molar-refractivity contribution in [3.05, 3.63) is 0 Å². The minimum atomic E-state index is -2.19. The summed E-state index contributed by atoms with van der Waals surface area (Å²) in [5.74, 6) is 0. The molecule has 0 unspecified atom stereocenters. The van der Waals surface area contributed by atoms with Crippen molar-refractivity contribution >= 4 is 0 Å². The summed E-state index contributed by atoms with van der Waals surface area (Å²) < 4.78 is 25.0. The van der Waals surface area contributed by atoms with Gasteiger partial charge in [0.25, 0.3) is 6.43 Å². The topological polar surface area (TPSA) is 3.24 Å². The molecule has 12 heavy (non-hydrogen) atoms. The van der Waals surface area contributed by atoms with Crippen molar-refractivity contribution in [3.8, 4) is 0 Å². The molecule has 0 aromatic carbocycles. The molecular formula is C9H17F2N. The van der Waals surface area contributed by atoms with Crippen molar-refractivity contribution in [2.24, 2.45) is 0 Å². The summed E-state index contributed by atoms with van der Waals surface area (Å²) in [7, 11) is 0. The zero-order valence-electron chi connectivity index (χ0n) is 7.98. The Hall–Kier alpha value is -0.180. The zero-order chi connectivity index (χ0) is 9.35. The van der Waals surface area contributed by atoms with E-state index < -0.39 is 12.5 Å². The standard InChI is InChI=1S/C9H17F2N/c1-9(2,3)12-6-4-5-7(12)8(10)11/h7-8H,4-6H2,1-3H3/t7-/m0/s1. The van der Waals surface area contributed by atoms with Gasteiger partial charge in [0.2, 0.25) is 0 Å². The van der Waals surface area contributed by atoms with Gasteiger partial charge in [-0.25, -0.2) is 8.78 Å². The molecule has 1 atom stereocenters. The molecule has 0 aromatic heterocycles. The minimum Gasteiger partial charge on any atom is -0.290 e. The first-order valence-corrected chi connectivity index (χ1v) is 4.48. The molecule has 3 heteroatoms. The fourth-order valence-corrected chi connectivity index (χ4v) is 1.89. The van der Waals surface area contributed by atoms with E-state index in [2.05, 4.69) is 0 Å². The van der Waals surface area contributed by atoms with Gasteiger partial charge in [-0.15, -0.1) is 0 Å². The van der Waals surface area contributed by atoms with Crippen LogP contribution in [0, 0.1) is 0 Å². The van der Waals surface area contributed by atoms with Crippen molar-refractivity contribution in [1.29, 1.82) is 0 Å². The fraction of sp³-hybridized carbons (Fsp3) is 1.00. The lowest BCUT2D eigenvalue weighted by Gasteiger charge is -2.36. The Labute approximate surface area is 72.7 Å². The van der Waals surface area contributed by atoms with E-state index in [9.17, 15) is 8.78 Å². The molecule has 0 amide bonds. The Bertz CT molecular complexity index is 151. The SMILES string of the molecule is CC(C)(C)N1CCC[C@H]1C(F)F. The monoisotopic (exact) mass is 177 g/mol. The molecule has 1 nitrogen and oxygen atoms in total. The number of rotatable bonds is 1. The third kappa shape index (κ3) is 1.94. The van der Waals surface area contributed by atoms with Gasteiger partial charge >= 0.3 is 0 Å². The largest absolute Gasteiger partial charge is 0.290 e. The van der Waals surface area contributed by atoms with Crippen molar-refractivity contribution < 1.29 is 8.78 Å². The van der Waals surface area contributed by atoms with Crippen molar-refractivity contribution in [2.45, 2.75) is 51.6 Å². The summed E-state index contributed by atoms with van der Waals surface area (Å²) >= 11 is 0. The van der Waals surface area contributed by atoms with Crippen LogP contribution < -0.4 is 0 Å². The molecule has 1 aliphatic rings. The molecule has 0 N–H and O–H groups in total. The Morgan fingerprint density at radius 2 is 1.92 bits per heavy atom. The first-order valence-electron chi connectivity index (χ1n) is 4.48. The van der Waals surface area contributed by atoms with Crippen LogP contribution in [0.5, 0.6) is 0 Å². The van der Waals surface area contributed by atoms with Crippen LogP contribution in [0.3, 0.4) is 0 Å². The molecule has 0 spiro atoms. The second kappa shape index (κ2) is 3.29. The minimum absolute atomic E-state index is 0.113. The molecule has 0 aromatic rings. The summed E-state index contributed by atoms with van der Waals surface area (Å²) in [4.78, 5) is 1.91. The van der Waals surface area contributed by atoms with Crippen LogP contribution in [-0.4, -0.2) is 29.5 Å². The smallest absolute Gasteiger partial charge is 0.253 e. The molecular weight excluding hydrogens is 160 g/mol. The average molecular weight is 177 g/mol. The molecule has 0 aliphatic carbocycles. The van der Waals surface area contributed by atoms with Crippen molar-refractivity contribution in [1.82, 2.24) is 4.90 Å². The van der Waals surface area contributed by atoms with Crippen LogP contribution in [-0.2, 0) is 0 Å². The Balaban J connectivity index is 2.64. The van der Waals surface area contributed by atoms with Gasteiger partial charge in [0.15, 0.2) is 0 Å². The third-order valence-electron chi connectivity index (χ3n) is 2.45. The quantitative estimate of drug-likeness (QED) is 0.595. The van der Waals surface area contributed by atoms with Crippen LogP contribution in [0.4, 0.5) is 8.78 Å². The van der Waals surface area contributed by atoms with Gasteiger partial charge < -0.3 is 0 Å². The van der Waals surface area contributed by atoms with E-state index in [4.69, 9.17) is 0 Å². The highest BCUT2D eigenvalue weighted by Gasteiger charge is 2.37. The van der Waals surface area contributed by atoms with Gasteiger partial charge in [-0.3, -0.25) is 4.90 Å². The summed E-state index contributed by atoms with van der Waals surface area (Å²) in [5.41, 5.74) is -0.113. The summed E-state index contributed by atoms with van der Waals surface area (Å²) in [5, 5.41) is 0. The first kappa shape index (κ1) is 9.90. The fourth-order valence-electron chi connectivity index (χ4n) is 1.89. The van der Waals surface area contributed by atoms with E-state index in [1.54, 1.807) is 0 Å². The molecule has 1 fully saturated rings. The predicted molar refractivity (Wildman–Crippen MR) is 45.5 cm³/mol. The molecule has 0 saturated carbocycles. The van der Waals surface area contributed by atoms with Crippen molar-refractivity contribution in [2.75, 3.05) is 6.54 Å². The molecule has 1 heterocycles. The first-order chi connectivity index (χ1) is 5.43. The number of nitrogens with zero attached hydrogens (tertiary/aromatic N) is 1. The van der Waals surface area contributed by atoms with Gasteiger partial charge in [-0.05, 0) is 40.2 Å². The normalized spacial score (nSPS) is 27.0. The molecule has 1 saturated heterocycles. The van der Waals surface area contributed by atoms with Gasteiger partial charge in [0.1, 0.15) is 0 Å². The number of likely N-dealkylation sites (tertiary alicyclic amines) is 1. The lowest BCUT2D eigenvalue weighted by molar-refractivity contribution is 0.00622. The highest BCUT2D eigenvalue weighted by atomic mass is 19.3. The second-order valence-corrected chi connectivity index (χ2v) is 4.41. The maximum absolute atomic E-state index is 12.5. The summed E-state index contributed by atoms with van der Waals surface area (Å²) in [6.07, 6.45) is -0.631. The average Bonchev–Trinajstić information content (AvgIpc) is 2.30. The Morgan fingerprint density at radius 1 is 1.33 bits per heavy atom. The molecule has 72 valence electrons. The number of hydrogen-bond donors (Lipinski definition) is 0. The second-order valence-electron chi connectivity index (χ2n) is 4.41. The highest BCUT2D eigenvalue weighted by molar-refractivity contribution is 4.89. The number of alkyl halides is 2. The van der Waals surface area contributed by atoms with E-state index >= 15 is 0 Å². The van der Waals surface area contributed by atoms with E-state index in [0.29, 0.717) is 6.42 Å². The van der Waals surface area contributed by atoms with Crippen LogP contribution in [0.2, 0.25) is 0 Å². The lowest BCUT2D eigenvalue weighted by Crippen LogP contribution is -2.47. The van der Waals surface area contributed by atoms with E-state index in [-0.39, 0.29) is 5.54 Å². The number of halogens is 2. The highest BCUT2D eigenvalue weighted by Crippen LogP contribution is 2.29. The molecule has 0 radical (unpaired) electrons. The van der Waals surface area contributed by atoms with E-state index in [1.165, 1.54) is 0 Å². The Morgan fingerprint density at radius 3 is 2.25 bits per heavy atom. The maximum Gasteiger partial charge on any atom is 0.253 e. The molecule has 1 aliphatic heterocycles. The maximum atomic E-state index is 12.5. The van der Waals surface area contributed by atoms with Crippen LogP contribution >= 0.6 is 0 Å². The van der Waals surface area contributed by atoms with Gasteiger partial charge in [0.05, 0.1) is 6.04 Å². The molecule has 0 bridgehead atoms. The van der Waals surface area contributed by atoms with Crippen LogP contribution in [0.1, 0.15) is 33.6 Å². The van der Waals surface area contributed by atoms with E-state index in [1.807, 2.05) is 25.7 Å². The van der Waals surface area contributed by atoms with Crippen LogP contribution in [0.25, 0.3) is 0 Å². The molecule has 1 rings (SSSR count). The number of hydrogen-bond acceptors (Lipinski definition) is 1. The third-order valence-corrected chi connectivity index (χ3v) is 2.45. The zero-order valence-corrected chi connectivity index (χ0v) is 7.98. The lowest BCUT2D eigenvalue weighted by atomic mass is 10.0. The van der Waals surface area contributed by atoms with Gasteiger partial charge in [-0.1, -0.05) is 0 Å².